The number of carbonyl (C=O) groups is 4. The average molecular weight is 729 g/mol. The van der Waals surface area contributed by atoms with Crippen molar-refractivity contribution in [3.8, 4) is 0 Å². The molecule has 1 aliphatic carbocycles. The van der Waals surface area contributed by atoms with E-state index in [2.05, 4.69) is 33.8 Å². The first-order valence-corrected chi connectivity index (χ1v) is 9.37. The van der Waals surface area contributed by atoms with Crippen LogP contribution in [0.2, 0.25) is 0 Å². The number of halogens is 16. The van der Waals surface area contributed by atoms with E-state index >= 15 is 0 Å². The number of carbonyl (C=O) groups excluding carboxylic acids is 4. The minimum atomic E-state index is -6.68. The van der Waals surface area contributed by atoms with Gasteiger partial charge in [0.25, 0.3) is 0 Å². The van der Waals surface area contributed by atoms with Gasteiger partial charge in [-0.15, -0.1) is 0 Å². The molecule has 0 spiro atoms. The van der Waals surface area contributed by atoms with Crippen molar-refractivity contribution in [2.75, 3.05) is 0 Å². The van der Waals surface area contributed by atoms with E-state index in [4.69, 9.17) is 0 Å². The van der Waals surface area contributed by atoms with Gasteiger partial charge in [-0.3, -0.25) is 19.2 Å². The molecule has 6 nitrogen and oxygen atoms in total. The van der Waals surface area contributed by atoms with Gasteiger partial charge in [-0.25, -0.2) is 0 Å². The maximum Gasteiger partial charge on any atom is 0.476 e. The van der Waals surface area contributed by atoms with Gasteiger partial charge in [-0.2, -0.15) is 70.2 Å². The summed E-state index contributed by atoms with van der Waals surface area (Å²) < 4.78 is 194. The third-order valence-electron chi connectivity index (χ3n) is 3.37. The third-order valence-corrected chi connectivity index (χ3v) is 3.37. The maximum absolute atomic E-state index is 12.3. The Morgan fingerprint density at radius 3 is 0.878 bits per heavy atom. The minimum absolute atomic E-state index is 0. The summed E-state index contributed by atoms with van der Waals surface area (Å²) in [6.07, 6.45) is -18.8. The van der Waals surface area contributed by atoms with Gasteiger partial charge < -0.3 is 9.47 Å². The molecule has 0 aromatic carbocycles. The summed E-state index contributed by atoms with van der Waals surface area (Å²) in [5.74, 6) is -18.4. The van der Waals surface area contributed by atoms with Crippen LogP contribution >= 0.6 is 0 Å². The summed E-state index contributed by atoms with van der Waals surface area (Å²) in [7, 11) is 0. The summed E-state index contributed by atoms with van der Waals surface area (Å²) in [5.41, 5.74) is 0. The molecule has 0 amide bonds. The molecule has 0 aromatic rings. The summed E-state index contributed by atoms with van der Waals surface area (Å²) in [4.78, 5) is 39.5. The Bertz CT molecular complexity index is 872. The number of ether oxygens (including phenoxy) is 2. The first-order valence-electron chi connectivity index (χ1n) is 9.37. The van der Waals surface area contributed by atoms with Crippen LogP contribution in [0.3, 0.4) is 0 Å². The molecule has 1 rings (SSSR count). The van der Waals surface area contributed by atoms with Crippen molar-refractivity contribution in [3.63, 3.8) is 0 Å². The third kappa shape index (κ3) is 14.1. The maximum atomic E-state index is 12.3. The van der Waals surface area contributed by atoms with Crippen molar-refractivity contribution >= 4 is 24.0 Å². The summed E-state index contributed by atoms with van der Waals surface area (Å²) >= 11 is 0. The van der Waals surface area contributed by atoms with Gasteiger partial charge in [-0.1, -0.05) is 24.3 Å². The first-order chi connectivity index (χ1) is 17.6. The monoisotopic (exact) mass is 730 g/mol. The molecule has 0 atom stereocenters. The SMILES string of the molecule is C1=CCC=CC1.O=C(F)CC(=O)OC(F)(F)C(F)(F)C(F)(F)F.O=C(F)CC(=O)OC(F)(F)C(F)(F)C(F)(F)F.[Ru]. The molecule has 0 fully saturated rings. The Morgan fingerprint density at radius 2 is 0.732 bits per heavy atom. The quantitative estimate of drug-likeness (QED) is 0.0729. The van der Waals surface area contributed by atoms with E-state index < -0.39 is 73.3 Å². The van der Waals surface area contributed by atoms with Crippen LogP contribution < -0.4 is 0 Å². The zero-order valence-corrected chi connectivity index (χ0v) is 20.7. The van der Waals surface area contributed by atoms with Gasteiger partial charge in [0, 0.05) is 19.5 Å². The number of esters is 2. The topological polar surface area (TPSA) is 86.7 Å². The van der Waals surface area contributed by atoms with Crippen molar-refractivity contribution in [2.24, 2.45) is 0 Å². The van der Waals surface area contributed by atoms with Gasteiger partial charge in [-0.05, 0) is 12.8 Å². The van der Waals surface area contributed by atoms with Gasteiger partial charge >= 0.3 is 60.4 Å². The molecule has 0 N–H and O–H groups in total. The fraction of sp³-hybridized carbons (Fsp3) is 0.556. The van der Waals surface area contributed by atoms with Gasteiger partial charge in [0.2, 0.25) is 0 Å². The standard InChI is InChI=1S/2C6H2F8O3.C6H8.Ru/c2*7-2(15)1-3(16)17-6(13,14)4(8,9)5(10,11)12;1-2-4-6-5-3-1;/h2*1H2;1-2,5-6H,3-4H2;. The molecule has 0 unspecified atom stereocenters. The van der Waals surface area contributed by atoms with E-state index in [-0.39, 0.29) is 19.5 Å². The van der Waals surface area contributed by atoms with Gasteiger partial charge in [0.1, 0.15) is 12.8 Å². The first kappa shape index (κ1) is 42.7. The molecule has 0 aliphatic heterocycles. The molecule has 0 saturated carbocycles. The van der Waals surface area contributed by atoms with Crippen molar-refractivity contribution < 1.29 is 118 Å². The molecular formula is C18H12F16O6Ru. The van der Waals surface area contributed by atoms with Crippen molar-refractivity contribution in [1.82, 2.24) is 0 Å². The van der Waals surface area contributed by atoms with E-state index in [9.17, 15) is 89.4 Å². The number of hydrogen-bond donors (Lipinski definition) is 0. The van der Waals surface area contributed by atoms with Crippen LogP contribution in [0.1, 0.15) is 25.7 Å². The van der Waals surface area contributed by atoms with Crippen LogP contribution in [0, 0.1) is 0 Å². The van der Waals surface area contributed by atoms with Crippen LogP contribution in [0.15, 0.2) is 24.3 Å². The molecule has 1 aliphatic rings. The van der Waals surface area contributed by atoms with Crippen LogP contribution in [-0.4, -0.2) is 60.4 Å². The number of hydrogen-bond acceptors (Lipinski definition) is 6. The van der Waals surface area contributed by atoms with E-state index in [1.165, 1.54) is 0 Å². The molecule has 41 heavy (non-hydrogen) atoms. The Hall–Kier alpha value is -2.74. The Balaban J connectivity index is -0.000000572. The fourth-order valence-corrected chi connectivity index (χ4v) is 1.59. The zero-order chi connectivity index (χ0) is 32.4. The normalized spacial score (nSPS) is 13.9. The molecule has 23 heteroatoms. The Morgan fingerprint density at radius 1 is 0.512 bits per heavy atom. The predicted octanol–water partition coefficient (Wildman–Crippen LogP) is 6.30. The number of rotatable bonds is 8. The minimum Gasteiger partial charge on any atom is -0.396 e. The second-order valence-electron chi connectivity index (χ2n) is 6.60. The van der Waals surface area contributed by atoms with Crippen LogP contribution in [0.4, 0.5) is 70.2 Å². The van der Waals surface area contributed by atoms with Crippen molar-refractivity contribution in [2.45, 2.75) is 62.1 Å². The van der Waals surface area contributed by atoms with Crippen LogP contribution in [-0.2, 0) is 48.1 Å². The summed E-state index contributed by atoms with van der Waals surface area (Å²) in [6, 6.07) is -5.05. The van der Waals surface area contributed by atoms with Crippen LogP contribution in [0.25, 0.3) is 0 Å². The summed E-state index contributed by atoms with van der Waals surface area (Å²) in [6.45, 7) is 0. The van der Waals surface area contributed by atoms with Crippen molar-refractivity contribution in [1.29, 1.82) is 0 Å². The molecule has 0 bridgehead atoms. The average Bonchev–Trinajstić information content (AvgIpc) is 2.72. The largest absolute Gasteiger partial charge is 0.476 e. The number of alkyl halides is 14. The van der Waals surface area contributed by atoms with E-state index in [1.807, 2.05) is 0 Å². The second-order valence-corrected chi connectivity index (χ2v) is 6.60. The molecule has 0 saturated heterocycles. The summed E-state index contributed by atoms with van der Waals surface area (Å²) in [5, 5.41) is 0. The zero-order valence-electron chi connectivity index (χ0n) is 19.0. The second kappa shape index (κ2) is 16.0. The van der Waals surface area contributed by atoms with Crippen LogP contribution in [0.5, 0.6) is 0 Å². The van der Waals surface area contributed by atoms with Gasteiger partial charge in [0.15, 0.2) is 0 Å². The number of allylic oxidation sites excluding steroid dienone is 4. The Labute approximate surface area is 229 Å². The van der Waals surface area contributed by atoms with Crippen molar-refractivity contribution in [3.05, 3.63) is 24.3 Å². The van der Waals surface area contributed by atoms with E-state index in [0.717, 1.165) is 12.8 Å². The molecule has 240 valence electrons. The van der Waals surface area contributed by atoms with Gasteiger partial charge in [0.05, 0.1) is 0 Å². The smallest absolute Gasteiger partial charge is 0.396 e. The molecule has 0 aromatic heterocycles. The predicted molar refractivity (Wildman–Crippen MR) is 93.1 cm³/mol. The molecule has 0 heterocycles. The Kier molecular flexibility index (Phi) is 16.7. The fourth-order valence-electron chi connectivity index (χ4n) is 1.59. The van der Waals surface area contributed by atoms with E-state index in [1.54, 1.807) is 0 Å². The molecular weight excluding hydrogens is 717 g/mol. The van der Waals surface area contributed by atoms with E-state index in [0.29, 0.717) is 0 Å². The molecule has 0 radical (unpaired) electrons.